The summed E-state index contributed by atoms with van der Waals surface area (Å²) >= 11 is 11.9. The topological polar surface area (TPSA) is 80.7 Å². The number of hydrogen-bond donors (Lipinski definition) is 0. The number of hydrogen-bond acceptors (Lipinski definition) is 7. The molecule has 3 heterocycles. The number of carbonyl (C=O) groups is 1. The second-order valence-electron chi connectivity index (χ2n) is 11.4. The van der Waals surface area contributed by atoms with Gasteiger partial charge in [-0.2, -0.15) is 9.37 Å². The minimum Gasteiger partial charge on any atom is -0.444 e. The molecule has 0 saturated carbocycles. The van der Waals surface area contributed by atoms with Gasteiger partial charge in [-0.1, -0.05) is 32.4 Å². The highest BCUT2D eigenvalue weighted by Crippen LogP contribution is 2.38. The van der Waals surface area contributed by atoms with Gasteiger partial charge in [-0.05, 0) is 50.5 Å². The molecule has 1 aliphatic rings. The van der Waals surface area contributed by atoms with Gasteiger partial charge >= 0.3 is 6.09 Å². The maximum Gasteiger partial charge on any atom is 0.410 e. The molecule has 2 aromatic heterocycles. The van der Waals surface area contributed by atoms with Crippen molar-refractivity contribution >= 4 is 54.3 Å². The van der Waals surface area contributed by atoms with Crippen LogP contribution < -0.4 is 4.90 Å². The molecular formula is C23H33Cl2F2N5O3Si. The van der Waals surface area contributed by atoms with Gasteiger partial charge in [0, 0.05) is 19.6 Å². The number of pyridine rings is 1. The van der Waals surface area contributed by atoms with Gasteiger partial charge in [0.2, 0.25) is 11.2 Å². The van der Waals surface area contributed by atoms with Gasteiger partial charge in [0.25, 0.3) is 0 Å². The van der Waals surface area contributed by atoms with Crippen molar-refractivity contribution in [3.8, 4) is 0 Å². The zero-order valence-electron chi connectivity index (χ0n) is 21.9. The van der Waals surface area contributed by atoms with Crippen LogP contribution in [0.4, 0.5) is 19.4 Å². The van der Waals surface area contributed by atoms with Gasteiger partial charge in [-0.15, -0.1) is 0 Å². The molecule has 2 aromatic rings. The number of ether oxygens (including phenoxy) is 1. The van der Waals surface area contributed by atoms with E-state index in [9.17, 15) is 9.18 Å². The Labute approximate surface area is 221 Å². The molecule has 0 N–H and O–H groups in total. The van der Waals surface area contributed by atoms with E-state index in [1.54, 1.807) is 30.6 Å². The summed E-state index contributed by atoms with van der Waals surface area (Å²) in [5.74, 6) is -1.93. The highest BCUT2D eigenvalue weighted by atomic mass is 35.5. The molecule has 1 saturated heterocycles. The lowest BCUT2D eigenvalue weighted by Crippen LogP contribution is -2.58. The summed E-state index contributed by atoms with van der Waals surface area (Å²) in [6.45, 7) is 16.9. The van der Waals surface area contributed by atoms with Crippen LogP contribution in [0.25, 0.3) is 10.9 Å². The van der Waals surface area contributed by atoms with Crippen LogP contribution in [0.5, 0.6) is 0 Å². The predicted molar refractivity (Wildman–Crippen MR) is 139 cm³/mol. The smallest absolute Gasteiger partial charge is 0.410 e. The Kier molecular flexibility index (Phi) is 8.10. The summed E-state index contributed by atoms with van der Waals surface area (Å²) in [5.41, 5.74) is -1.02. The molecular weight excluding hydrogens is 531 g/mol. The number of aromatic nitrogens is 3. The van der Waals surface area contributed by atoms with Crippen LogP contribution in [0.15, 0.2) is 0 Å². The van der Waals surface area contributed by atoms with Crippen LogP contribution in [0, 0.1) is 11.8 Å². The third-order valence-electron chi connectivity index (χ3n) is 6.50. The van der Waals surface area contributed by atoms with Crippen molar-refractivity contribution in [1.82, 2.24) is 19.9 Å². The van der Waals surface area contributed by atoms with Crippen molar-refractivity contribution < 1.29 is 22.7 Å². The van der Waals surface area contributed by atoms with Crippen molar-refractivity contribution in [2.24, 2.45) is 0 Å². The molecule has 0 bridgehead atoms. The van der Waals surface area contributed by atoms with Gasteiger partial charge in [0.1, 0.15) is 22.3 Å². The van der Waals surface area contributed by atoms with Crippen LogP contribution in [0.3, 0.4) is 0 Å². The van der Waals surface area contributed by atoms with Crippen LogP contribution in [-0.4, -0.2) is 72.1 Å². The third kappa shape index (κ3) is 6.17. The first-order valence-corrected chi connectivity index (χ1v) is 15.3. The fraction of sp³-hybridized carbons (Fsp3) is 0.652. The lowest BCUT2D eigenvalue weighted by atomic mass is 10.1. The van der Waals surface area contributed by atoms with E-state index in [4.69, 9.17) is 32.4 Å². The molecule has 0 radical (unpaired) electrons. The number of halogens is 4. The molecule has 0 unspecified atom stereocenters. The molecule has 0 spiro atoms. The van der Waals surface area contributed by atoms with E-state index in [0.29, 0.717) is 0 Å². The van der Waals surface area contributed by atoms with Gasteiger partial charge < -0.3 is 19.0 Å². The quantitative estimate of drug-likeness (QED) is 0.254. The Morgan fingerprint density at radius 1 is 1.08 bits per heavy atom. The third-order valence-corrected chi connectivity index (χ3v) is 11.4. The van der Waals surface area contributed by atoms with E-state index in [0.717, 1.165) is 0 Å². The van der Waals surface area contributed by atoms with Crippen LogP contribution in [-0.2, 0) is 9.16 Å². The summed E-state index contributed by atoms with van der Waals surface area (Å²) < 4.78 is 41.8. The Morgan fingerprint density at radius 2 is 1.72 bits per heavy atom. The largest absolute Gasteiger partial charge is 0.444 e. The van der Waals surface area contributed by atoms with Gasteiger partial charge in [-0.25, -0.2) is 19.2 Å². The van der Waals surface area contributed by atoms with Crippen LogP contribution >= 0.6 is 23.2 Å². The molecule has 13 heteroatoms. The molecule has 1 atom stereocenters. The summed E-state index contributed by atoms with van der Waals surface area (Å²) in [7, 11) is -2.18. The van der Waals surface area contributed by atoms with Crippen molar-refractivity contribution in [3.63, 3.8) is 0 Å². The molecule has 1 aliphatic heterocycles. The Bertz CT molecular complexity index is 1160. The number of anilines is 1. The monoisotopic (exact) mass is 563 g/mol. The number of amides is 1. The van der Waals surface area contributed by atoms with Gasteiger partial charge in [-0.3, -0.25) is 0 Å². The second kappa shape index (κ2) is 10.1. The standard InChI is InChI=1S/C23H33Cl2F2N5O3Si/c1-22(2,3)35-21(33)31-9-10-32(13(11-31)12-34-36(7,8)23(4,5)6)19-14-16(28-20(25)30-19)15(26)17(24)29-18(14)27/h13H,9-12H2,1-8H3/t13-/m1/s1. The number of piperazine rings is 1. The first-order valence-electron chi connectivity index (χ1n) is 11.7. The number of fused-ring (bicyclic) bond motifs is 1. The van der Waals surface area contributed by atoms with E-state index >= 15 is 4.39 Å². The molecule has 200 valence electrons. The van der Waals surface area contributed by atoms with Crippen molar-refractivity contribution in [2.75, 3.05) is 31.1 Å². The van der Waals surface area contributed by atoms with E-state index in [1.165, 1.54) is 0 Å². The fourth-order valence-electron chi connectivity index (χ4n) is 3.56. The SMILES string of the molecule is CC(C)(C)OC(=O)N1CCN(c2nc(Cl)nc3c(F)c(Cl)nc(F)c23)[C@@H](CO[Si](C)(C)C(C)(C)C)C1. The van der Waals surface area contributed by atoms with Gasteiger partial charge in [0.15, 0.2) is 19.3 Å². The van der Waals surface area contributed by atoms with E-state index in [2.05, 4.69) is 48.8 Å². The number of carbonyl (C=O) groups excluding carboxylic acids is 1. The lowest BCUT2D eigenvalue weighted by molar-refractivity contribution is 0.0199. The highest BCUT2D eigenvalue weighted by molar-refractivity contribution is 6.74. The molecule has 0 aliphatic carbocycles. The van der Waals surface area contributed by atoms with Gasteiger partial charge in [0.05, 0.1) is 12.6 Å². The number of nitrogens with zero attached hydrogens (tertiary/aromatic N) is 5. The van der Waals surface area contributed by atoms with E-state index in [-0.39, 0.29) is 53.3 Å². The molecule has 1 amide bonds. The Morgan fingerprint density at radius 3 is 2.31 bits per heavy atom. The first-order chi connectivity index (χ1) is 16.4. The molecule has 1 fully saturated rings. The maximum absolute atomic E-state index is 15.0. The van der Waals surface area contributed by atoms with Crippen molar-refractivity contribution in [2.45, 2.75) is 71.3 Å². The van der Waals surface area contributed by atoms with Crippen LogP contribution in [0.1, 0.15) is 41.5 Å². The average Bonchev–Trinajstić information content (AvgIpc) is 2.73. The summed E-state index contributed by atoms with van der Waals surface area (Å²) in [5, 5.41) is -1.20. The zero-order chi connectivity index (χ0) is 27.2. The van der Waals surface area contributed by atoms with Crippen LogP contribution in [0.2, 0.25) is 28.6 Å². The Balaban J connectivity index is 2.04. The van der Waals surface area contributed by atoms with Crippen molar-refractivity contribution in [3.05, 3.63) is 22.2 Å². The van der Waals surface area contributed by atoms with E-state index < -0.39 is 43.0 Å². The minimum absolute atomic E-state index is 0.0574. The zero-order valence-corrected chi connectivity index (χ0v) is 24.4. The molecule has 0 aromatic carbocycles. The van der Waals surface area contributed by atoms with E-state index in [1.807, 2.05) is 0 Å². The molecule has 3 rings (SSSR count). The lowest BCUT2D eigenvalue weighted by Gasteiger charge is -2.44. The average molecular weight is 565 g/mol. The van der Waals surface area contributed by atoms with Crippen molar-refractivity contribution in [1.29, 1.82) is 0 Å². The molecule has 8 nitrogen and oxygen atoms in total. The molecule has 36 heavy (non-hydrogen) atoms. The summed E-state index contributed by atoms with van der Waals surface area (Å²) in [4.78, 5) is 27.8. The number of rotatable bonds is 4. The summed E-state index contributed by atoms with van der Waals surface area (Å²) in [6.07, 6.45) is -0.462. The highest BCUT2D eigenvalue weighted by Gasteiger charge is 2.40. The first kappa shape index (κ1) is 28.7. The maximum atomic E-state index is 15.0. The minimum atomic E-state index is -2.18. The summed E-state index contributed by atoms with van der Waals surface area (Å²) in [6, 6.07) is -0.451. The normalized spacial score (nSPS) is 17.6. The Hall–Kier alpha value is -1.82. The fourth-order valence-corrected chi connectivity index (χ4v) is 4.93. The second-order valence-corrected chi connectivity index (χ2v) is 16.9. The predicted octanol–water partition coefficient (Wildman–Crippen LogP) is 6.06.